The average Bonchev–Trinajstić information content (AvgIpc) is 2.71. The maximum absolute atomic E-state index is 7.20. The number of amidine groups is 1. The fourth-order valence-electron chi connectivity index (χ4n) is 1.81. The molecule has 0 radical (unpaired) electrons. The van der Waals surface area contributed by atoms with Crippen molar-refractivity contribution in [2.75, 3.05) is 0 Å². The zero-order valence-corrected chi connectivity index (χ0v) is 8.57. The van der Waals surface area contributed by atoms with E-state index in [1.165, 1.54) is 12.8 Å². The quantitative estimate of drug-likeness (QED) is 0.582. The summed E-state index contributed by atoms with van der Waals surface area (Å²) >= 11 is 0. The smallest absolute Gasteiger partial charge is 0.141 e. The van der Waals surface area contributed by atoms with E-state index in [4.69, 9.17) is 15.9 Å². The summed E-state index contributed by atoms with van der Waals surface area (Å²) in [4.78, 5) is 4.05. The molecule has 1 aliphatic rings. The van der Waals surface area contributed by atoms with E-state index < -0.39 is 0 Å². The molecule has 0 aromatic carbocycles. The molecule has 0 amide bonds. The van der Waals surface area contributed by atoms with Crippen molar-refractivity contribution in [3.8, 4) is 5.75 Å². The van der Waals surface area contributed by atoms with Gasteiger partial charge in [-0.25, -0.2) is 4.98 Å². The largest absolute Gasteiger partial charge is 0.489 e. The number of pyridine rings is 1. The molecule has 0 spiro atoms. The molecular weight excluding hydrogens is 190 g/mol. The Morgan fingerprint density at radius 3 is 2.67 bits per heavy atom. The van der Waals surface area contributed by atoms with Crippen LogP contribution in [0, 0.1) is 5.41 Å². The third kappa shape index (κ3) is 2.46. The molecule has 4 heteroatoms. The molecule has 4 nitrogen and oxygen atoms in total. The van der Waals surface area contributed by atoms with Gasteiger partial charge < -0.3 is 10.5 Å². The molecule has 80 valence electrons. The molecule has 1 aromatic rings. The number of nitrogen functional groups attached to an aromatic ring is 1. The van der Waals surface area contributed by atoms with Crippen molar-refractivity contribution >= 4 is 5.84 Å². The molecule has 1 saturated carbocycles. The van der Waals surface area contributed by atoms with Crippen LogP contribution in [0.3, 0.4) is 0 Å². The number of nitrogens with two attached hydrogens (primary N) is 1. The molecule has 0 unspecified atom stereocenters. The zero-order chi connectivity index (χ0) is 10.7. The van der Waals surface area contributed by atoms with Gasteiger partial charge in [-0.2, -0.15) is 0 Å². The van der Waals surface area contributed by atoms with Crippen LogP contribution in [-0.4, -0.2) is 16.9 Å². The highest BCUT2D eigenvalue weighted by molar-refractivity contribution is 5.92. The Morgan fingerprint density at radius 2 is 2.13 bits per heavy atom. The molecule has 1 fully saturated rings. The number of hydrogen-bond donors (Lipinski definition) is 2. The summed E-state index contributed by atoms with van der Waals surface area (Å²) in [6.07, 6.45) is 6.75. The van der Waals surface area contributed by atoms with E-state index in [-0.39, 0.29) is 5.84 Å². The lowest BCUT2D eigenvalue weighted by molar-refractivity contribution is 0.209. The minimum Gasteiger partial charge on any atom is -0.489 e. The molecule has 15 heavy (non-hydrogen) atoms. The summed E-state index contributed by atoms with van der Waals surface area (Å²) in [5, 5.41) is 7.20. The Hall–Kier alpha value is -1.58. The van der Waals surface area contributed by atoms with Crippen molar-refractivity contribution in [1.29, 1.82) is 5.41 Å². The van der Waals surface area contributed by atoms with E-state index in [1.807, 2.05) is 6.07 Å². The van der Waals surface area contributed by atoms with E-state index in [2.05, 4.69) is 4.98 Å². The monoisotopic (exact) mass is 205 g/mol. The van der Waals surface area contributed by atoms with Crippen LogP contribution >= 0.6 is 0 Å². The van der Waals surface area contributed by atoms with Crippen molar-refractivity contribution < 1.29 is 4.74 Å². The number of aromatic nitrogens is 1. The van der Waals surface area contributed by atoms with Gasteiger partial charge in [0.25, 0.3) is 0 Å². The summed E-state index contributed by atoms with van der Waals surface area (Å²) in [6, 6.07) is 3.54. The number of hydrogen-bond acceptors (Lipinski definition) is 3. The van der Waals surface area contributed by atoms with Gasteiger partial charge in [-0.3, -0.25) is 5.41 Å². The summed E-state index contributed by atoms with van der Waals surface area (Å²) in [5.41, 5.74) is 5.80. The molecule has 0 bridgehead atoms. The van der Waals surface area contributed by atoms with Gasteiger partial charge in [-0.15, -0.1) is 0 Å². The van der Waals surface area contributed by atoms with E-state index in [1.54, 1.807) is 12.3 Å². The first-order valence-corrected chi connectivity index (χ1v) is 5.23. The van der Waals surface area contributed by atoms with Crippen LogP contribution in [0.1, 0.15) is 31.4 Å². The topological polar surface area (TPSA) is 72.0 Å². The lowest BCUT2D eigenvalue weighted by Crippen LogP contribution is -2.14. The van der Waals surface area contributed by atoms with Crippen LogP contribution in [-0.2, 0) is 0 Å². The standard InChI is InChI=1S/C11H15N3O/c12-11(13)10-6-5-9(7-14-10)15-8-3-1-2-4-8/h5-8H,1-4H2,(H3,12,13). The predicted octanol–water partition coefficient (Wildman–Crippen LogP) is 1.69. The zero-order valence-electron chi connectivity index (χ0n) is 8.57. The van der Waals surface area contributed by atoms with Crippen molar-refractivity contribution in [1.82, 2.24) is 4.98 Å². The molecule has 1 aromatic heterocycles. The van der Waals surface area contributed by atoms with Crippen LogP contribution in [0.2, 0.25) is 0 Å². The first-order chi connectivity index (χ1) is 7.25. The Bertz CT molecular complexity index is 341. The van der Waals surface area contributed by atoms with Crippen LogP contribution in [0.25, 0.3) is 0 Å². The van der Waals surface area contributed by atoms with Gasteiger partial charge >= 0.3 is 0 Å². The molecular formula is C11H15N3O. The Labute approximate surface area is 89.0 Å². The van der Waals surface area contributed by atoms with Crippen molar-refractivity contribution in [2.24, 2.45) is 5.73 Å². The minimum atomic E-state index is -0.0117. The lowest BCUT2D eigenvalue weighted by atomic mass is 10.3. The number of nitrogens with zero attached hydrogens (tertiary/aromatic N) is 1. The van der Waals surface area contributed by atoms with Crippen LogP contribution < -0.4 is 10.5 Å². The molecule has 3 N–H and O–H groups in total. The molecule has 2 rings (SSSR count). The maximum atomic E-state index is 7.20. The van der Waals surface area contributed by atoms with E-state index in [0.29, 0.717) is 11.8 Å². The highest BCUT2D eigenvalue weighted by Crippen LogP contribution is 2.23. The maximum Gasteiger partial charge on any atom is 0.141 e. The number of rotatable bonds is 3. The van der Waals surface area contributed by atoms with E-state index >= 15 is 0 Å². The van der Waals surface area contributed by atoms with Crippen molar-refractivity contribution in [3.63, 3.8) is 0 Å². The molecule has 1 aliphatic carbocycles. The second-order valence-electron chi connectivity index (χ2n) is 3.82. The van der Waals surface area contributed by atoms with Crippen LogP contribution in [0.15, 0.2) is 18.3 Å². The second kappa shape index (κ2) is 4.29. The van der Waals surface area contributed by atoms with Gasteiger partial charge in [0.15, 0.2) is 0 Å². The van der Waals surface area contributed by atoms with Gasteiger partial charge in [0.05, 0.1) is 12.3 Å². The molecule has 0 saturated heterocycles. The normalized spacial score (nSPS) is 16.5. The number of nitrogens with one attached hydrogen (secondary N) is 1. The fraction of sp³-hybridized carbons (Fsp3) is 0.455. The van der Waals surface area contributed by atoms with E-state index in [0.717, 1.165) is 18.6 Å². The fourth-order valence-corrected chi connectivity index (χ4v) is 1.81. The van der Waals surface area contributed by atoms with Gasteiger partial charge in [0, 0.05) is 0 Å². The summed E-state index contributed by atoms with van der Waals surface area (Å²) in [7, 11) is 0. The summed E-state index contributed by atoms with van der Waals surface area (Å²) < 4.78 is 5.74. The summed E-state index contributed by atoms with van der Waals surface area (Å²) in [6.45, 7) is 0. The second-order valence-corrected chi connectivity index (χ2v) is 3.82. The Kier molecular flexibility index (Phi) is 2.85. The third-order valence-electron chi connectivity index (χ3n) is 2.62. The van der Waals surface area contributed by atoms with Crippen LogP contribution in [0.5, 0.6) is 5.75 Å². The van der Waals surface area contributed by atoms with Gasteiger partial charge in [0.2, 0.25) is 0 Å². The Balaban J connectivity index is 2.00. The number of ether oxygens (including phenoxy) is 1. The van der Waals surface area contributed by atoms with Crippen LogP contribution in [0.4, 0.5) is 0 Å². The highest BCUT2D eigenvalue weighted by Gasteiger charge is 2.16. The molecule has 0 aliphatic heterocycles. The highest BCUT2D eigenvalue weighted by atomic mass is 16.5. The Morgan fingerprint density at radius 1 is 1.40 bits per heavy atom. The predicted molar refractivity (Wildman–Crippen MR) is 58.1 cm³/mol. The third-order valence-corrected chi connectivity index (χ3v) is 2.62. The van der Waals surface area contributed by atoms with Gasteiger partial charge in [0.1, 0.15) is 17.3 Å². The molecule has 0 atom stereocenters. The minimum absolute atomic E-state index is 0.0117. The molecule has 1 heterocycles. The average molecular weight is 205 g/mol. The van der Waals surface area contributed by atoms with Gasteiger partial charge in [-0.05, 0) is 37.8 Å². The van der Waals surface area contributed by atoms with Gasteiger partial charge in [-0.1, -0.05) is 0 Å². The summed E-state index contributed by atoms with van der Waals surface area (Å²) in [5.74, 6) is 0.759. The van der Waals surface area contributed by atoms with Crippen molar-refractivity contribution in [2.45, 2.75) is 31.8 Å². The van der Waals surface area contributed by atoms with Crippen molar-refractivity contribution in [3.05, 3.63) is 24.0 Å². The first kappa shape index (κ1) is 9.96. The lowest BCUT2D eigenvalue weighted by Gasteiger charge is -2.12. The SMILES string of the molecule is N=C(N)c1ccc(OC2CCCC2)cn1. The first-order valence-electron chi connectivity index (χ1n) is 5.23. The van der Waals surface area contributed by atoms with E-state index in [9.17, 15) is 0 Å².